The number of aryl methyl sites for hydroxylation is 1. The minimum absolute atomic E-state index is 0.0309. The molecule has 1 aromatic heterocycles. The van der Waals surface area contributed by atoms with Crippen molar-refractivity contribution in [2.45, 2.75) is 26.3 Å². The van der Waals surface area contributed by atoms with E-state index in [2.05, 4.69) is 15.7 Å². The van der Waals surface area contributed by atoms with E-state index < -0.39 is 0 Å². The molecule has 8 heteroatoms. The molecule has 32 heavy (non-hydrogen) atoms. The second-order valence-corrected chi connectivity index (χ2v) is 7.97. The predicted molar refractivity (Wildman–Crippen MR) is 120 cm³/mol. The van der Waals surface area contributed by atoms with E-state index in [9.17, 15) is 14.0 Å². The third-order valence-electron chi connectivity index (χ3n) is 5.71. The summed E-state index contributed by atoms with van der Waals surface area (Å²) in [5.41, 5.74) is 3.43. The summed E-state index contributed by atoms with van der Waals surface area (Å²) in [7, 11) is 0. The highest BCUT2D eigenvalue weighted by Gasteiger charge is 2.27. The van der Waals surface area contributed by atoms with Crippen LogP contribution in [0.1, 0.15) is 24.1 Å². The number of urea groups is 1. The van der Waals surface area contributed by atoms with E-state index in [0.717, 1.165) is 16.9 Å². The standard InChI is InChI=1S/C24H26FN5O2/c1-17-9-12-27-30(17)22-4-2-3-21(15-22)28-24(32)29-13-10-19(11-14-29)23(31)26-16-18-5-7-20(25)8-6-18/h2-9,12,15,19H,10-11,13-14,16H2,1H3,(H,26,31)(H,28,32). The number of benzene rings is 2. The van der Waals surface area contributed by atoms with Crippen molar-refractivity contribution >= 4 is 17.6 Å². The van der Waals surface area contributed by atoms with E-state index in [1.807, 2.05) is 41.9 Å². The van der Waals surface area contributed by atoms with Crippen molar-refractivity contribution in [3.05, 3.63) is 77.9 Å². The van der Waals surface area contributed by atoms with Crippen molar-refractivity contribution in [1.29, 1.82) is 0 Å². The maximum Gasteiger partial charge on any atom is 0.321 e. The minimum Gasteiger partial charge on any atom is -0.352 e. The molecule has 4 rings (SSSR count). The number of nitrogens with zero attached hydrogens (tertiary/aromatic N) is 3. The molecule has 0 aliphatic carbocycles. The fourth-order valence-corrected chi connectivity index (χ4v) is 3.84. The van der Waals surface area contributed by atoms with Gasteiger partial charge in [-0.3, -0.25) is 4.79 Å². The molecule has 0 bridgehead atoms. The number of likely N-dealkylation sites (tertiary alicyclic amines) is 1. The number of piperidine rings is 1. The molecule has 0 saturated carbocycles. The summed E-state index contributed by atoms with van der Waals surface area (Å²) in [5, 5.41) is 10.1. The molecule has 1 aliphatic heterocycles. The lowest BCUT2D eigenvalue weighted by molar-refractivity contribution is -0.126. The highest BCUT2D eigenvalue weighted by molar-refractivity contribution is 5.90. The van der Waals surface area contributed by atoms with Crippen molar-refractivity contribution in [2.75, 3.05) is 18.4 Å². The molecule has 3 amide bonds. The van der Waals surface area contributed by atoms with Gasteiger partial charge in [-0.1, -0.05) is 18.2 Å². The van der Waals surface area contributed by atoms with Gasteiger partial charge in [0.1, 0.15) is 5.82 Å². The van der Waals surface area contributed by atoms with Crippen molar-refractivity contribution < 1.29 is 14.0 Å². The van der Waals surface area contributed by atoms with Gasteiger partial charge in [0.25, 0.3) is 0 Å². The maximum absolute atomic E-state index is 13.0. The van der Waals surface area contributed by atoms with Crippen LogP contribution >= 0.6 is 0 Å². The van der Waals surface area contributed by atoms with Gasteiger partial charge in [-0.25, -0.2) is 13.9 Å². The number of hydrogen-bond acceptors (Lipinski definition) is 3. The first-order chi connectivity index (χ1) is 15.5. The normalized spacial score (nSPS) is 14.2. The number of halogens is 1. The first-order valence-electron chi connectivity index (χ1n) is 10.7. The van der Waals surface area contributed by atoms with Gasteiger partial charge < -0.3 is 15.5 Å². The Morgan fingerprint density at radius 2 is 1.84 bits per heavy atom. The highest BCUT2D eigenvalue weighted by atomic mass is 19.1. The molecule has 3 aromatic rings. The second kappa shape index (κ2) is 9.64. The zero-order valence-electron chi connectivity index (χ0n) is 17.9. The zero-order valence-corrected chi connectivity index (χ0v) is 17.9. The number of aromatic nitrogens is 2. The third kappa shape index (κ3) is 5.14. The van der Waals surface area contributed by atoms with Crippen LogP contribution in [0.2, 0.25) is 0 Å². The number of amides is 3. The molecule has 0 unspecified atom stereocenters. The van der Waals surface area contributed by atoms with Crippen LogP contribution in [0.15, 0.2) is 60.8 Å². The topological polar surface area (TPSA) is 79.3 Å². The highest BCUT2D eigenvalue weighted by Crippen LogP contribution is 2.20. The lowest BCUT2D eigenvalue weighted by atomic mass is 9.96. The first-order valence-corrected chi connectivity index (χ1v) is 10.7. The number of rotatable bonds is 5. The van der Waals surface area contributed by atoms with Crippen molar-refractivity contribution in [3.63, 3.8) is 0 Å². The fourth-order valence-electron chi connectivity index (χ4n) is 3.84. The van der Waals surface area contributed by atoms with Gasteiger partial charge in [0.05, 0.1) is 5.69 Å². The number of nitrogens with one attached hydrogen (secondary N) is 2. The molecule has 0 atom stereocenters. The quantitative estimate of drug-likeness (QED) is 0.638. The van der Waals surface area contributed by atoms with Crippen LogP contribution in [0, 0.1) is 18.7 Å². The van der Waals surface area contributed by atoms with E-state index in [1.165, 1.54) is 12.1 Å². The summed E-state index contributed by atoms with van der Waals surface area (Å²) < 4.78 is 14.8. The van der Waals surface area contributed by atoms with Gasteiger partial charge >= 0.3 is 6.03 Å². The van der Waals surface area contributed by atoms with Crippen LogP contribution in [0.25, 0.3) is 5.69 Å². The van der Waals surface area contributed by atoms with Gasteiger partial charge in [-0.05, 0) is 61.7 Å². The van der Waals surface area contributed by atoms with E-state index in [-0.39, 0.29) is 23.7 Å². The van der Waals surface area contributed by atoms with Crippen molar-refractivity contribution in [1.82, 2.24) is 20.0 Å². The fraction of sp³-hybridized carbons (Fsp3) is 0.292. The van der Waals surface area contributed by atoms with Gasteiger partial charge in [0, 0.05) is 43.1 Å². The Morgan fingerprint density at radius 1 is 1.09 bits per heavy atom. The van der Waals surface area contributed by atoms with E-state index in [0.29, 0.717) is 38.2 Å². The lowest BCUT2D eigenvalue weighted by Crippen LogP contribution is -2.44. The molecule has 166 valence electrons. The maximum atomic E-state index is 13.0. The van der Waals surface area contributed by atoms with Gasteiger partial charge in [0.15, 0.2) is 0 Å². The predicted octanol–water partition coefficient (Wildman–Crippen LogP) is 3.88. The average Bonchev–Trinajstić information content (AvgIpc) is 3.24. The molecular weight excluding hydrogens is 409 g/mol. The molecule has 0 spiro atoms. The monoisotopic (exact) mass is 435 g/mol. The summed E-state index contributed by atoms with van der Waals surface area (Å²) in [6.45, 7) is 3.36. The summed E-state index contributed by atoms with van der Waals surface area (Å²) in [5.74, 6) is -0.462. The molecule has 1 aliphatic rings. The van der Waals surface area contributed by atoms with Crippen LogP contribution in [0.3, 0.4) is 0 Å². The minimum atomic E-state index is -0.297. The Labute approximate surface area is 186 Å². The van der Waals surface area contributed by atoms with Crippen molar-refractivity contribution in [3.8, 4) is 5.69 Å². The van der Waals surface area contributed by atoms with E-state index in [4.69, 9.17) is 0 Å². The Bertz CT molecular complexity index is 1090. The summed E-state index contributed by atoms with van der Waals surface area (Å²) in [6.07, 6.45) is 2.95. The van der Waals surface area contributed by atoms with Gasteiger partial charge in [-0.15, -0.1) is 0 Å². The average molecular weight is 436 g/mol. The van der Waals surface area contributed by atoms with E-state index >= 15 is 0 Å². The molecule has 2 aromatic carbocycles. The van der Waals surface area contributed by atoms with Crippen LogP contribution in [0.4, 0.5) is 14.9 Å². The molecular formula is C24H26FN5O2. The third-order valence-corrected chi connectivity index (χ3v) is 5.71. The second-order valence-electron chi connectivity index (χ2n) is 7.97. The summed E-state index contributed by atoms with van der Waals surface area (Å²) in [6, 6.07) is 15.4. The van der Waals surface area contributed by atoms with E-state index in [1.54, 1.807) is 23.2 Å². The number of anilines is 1. The number of carbonyl (C=O) groups excluding carboxylic acids is 2. The Morgan fingerprint density at radius 3 is 2.53 bits per heavy atom. The van der Waals surface area contributed by atoms with Gasteiger partial charge in [0.2, 0.25) is 5.91 Å². The molecule has 1 fully saturated rings. The number of hydrogen-bond donors (Lipinski definition) is 2. The molecule has 2 N–H and O–H groups in total. The first kappa shape index (κ1) is 21.5. The molecule has 2 heterocycles. The molecule has 0 radical (unpaired) electrons. The molecule has 1 saturated heterocycles. The summed E-state index contributed by atoms with van der Waals surface area (Å²) >= 11 is 0. The molecule has 7 nitrogen and oxygen atoms in total. The van der Waals surface area contributed by atoms with Crippen molar-refractivity contribution in [2.24, 2.45) is 5.92 Å². The largest absolute Gasteiger partial charge is 0.352 e. The van der Waals surface area contributed by atoms with Crippen LogP contribution in [-0.2, 0) is 11.3 Å². The lowest BCUT2D eigenvalue weighted by Gasteiger charge is -2.31. The van der Waals surface area contributed by atoms with Crippen LogP contribution < -0.4 is 10.6 Å². The number of carbonyl (C=O) groups is 2. The van der Waals surface area contributed by atoms with Crippen LogP contribution in [0.5, 0.6) is 0 Å². The Kier molecular flexibility index (Phi) is 6.49. The van der Waals surface area contributed by atoms with Crippen LogP contribution in [-0.4, -0.2) is 39.7 Å². The zero-order chi connectivity index (χ0) is 22.5. The summed E-state index contributed by atoms with van der Waals surface area (Å²) in [4.78, 5) is 26.9. The smallest absolute Gasteiger partial charge is 0.321 e. The SMILES string of the molecule is Cc1ccnn1-c1cccc(NC(=O)N2CCC(C(=O)NCc3ccc(F)cc3)CC2)c1. The van der Waals surface area contributed by atoms with Gasteiger partial charge in [-0.2, -0.15) is 5.10 Å². The Hall–Kier alpha value is -3.68. The Balaban J connectivity index is 1.27.